The number of ether oxygens (including phenoxy) is 2. The highest BCUT2D eigenvalue weighted by Gasteiger charge is 2.28. The van der Waals surface area contributed by atoms with Crippen molar-refractivity contribution in [2.45, 2.75) is 19.1 Å². The average Bonchev–Trinajstić information content (AvgIpc) is 3.06. The molecule has 0 saturated carbocycles. The zero-order valence-electron chi connectivity index (χ0n) is 13.9. The highest BCUT2D eigenvalue weighted by atomic mass is 16.5. The zero-order chi connectivity index (χ0) is 16.4. The Kier molecular flexibility index (Phi) is 4.32. The van der Waals surface area contributed by atoms with E-state index in [1.807, 2.05) is 12.1 Å². The van der Waals surface area contributed by atoms with Crippen LogP contribution < -0.4 is 4.74 Å². The maximum Gasteiger partial charge on any atom is 0.121 e. The largest absolute Gasteiger partial charge is 0.497 e. The highest BCUT2D eigenvalue weighted by molar-refractivity contribution is 5.97. The second-order valence-corrected chi connectivity index (χ2v) is 6.35. The van der Waals surface area contributed by atoms with Gasteiger partial charge < -0.3 is 9.47 Å². The second kappa shape index (κ2) is 6.75. The molecular formula is C20H22N2O2. The minimum Gasteiger partial charge on any atom is -0.497 e. The number of nitrogens with zero attached hydrogens (tertiary/aromatic N) is 2. The molecule has 2 aliphatic rings. The fourth-order valence-electron chi connectivity index (χ4n) is 3.39. The smallest absolute Gasteiger partial charge is 0.121 e. The van der Waals surface area contributed by atoms with Gasteiger partial charge in [0.05, 0.1) is 25.1 Å². The van der Waals surface area contributed by atoms with Gasteiger partial charge in [-0.25, -0.2) is 0 Å². The highest BCUT2D eigenvalue weighted by Crippen LogP contribution is 2.32. The van der Waals surface area contributed by atoms with Gasteiger partial charge in [0.15, 0.2) is 0 Å². The molecule has 0 radical (unpaired) electrons. The SMILES string of the molecule is COc1ccc2c(c1)N=C(C1CN(Cc3ccccc3)CCO1)C2. The number of fused-ring (bicyclic) bond motifs is 1. The van der Waals surface area contributed by atoms with E-state index in [-0.39, 0.29) is 6.10 Å². The molecule has 0 bridgehead atoms. The Balaban J connectivity index is 1.45. The van der Waals surface area contributed by atoms with Gasteiger partial charge in [0.1, 0.15) is 11.9 Å². The molecule has 1 unspecified atom stereocenters. The van der Waals surface area contributed by atoms with Gasteiger partial charge in [-0.3, -0.25) is 9.89 Å². The number of benzene rings is 2. The molecule has 2 aromatic rings. The molecule has 24 heavy (non-hydrogen) atoms. The van der Waals surface area contributed by atoms with Crippen LogP contribution in [0.2, 0.25) is 0 Å². The Bertz CT molecular complexity index is 743. The second-order valence-electron chi connectivity index (χ2n) is 6.35. The van der Waals surface area contributed by atoms with E-state index in [1.165, 1.54) is 11.1 Å². The minimum absolute atomic E-state index is 0.0841. The standard InChI is InChI=1S/C20H22N2O2/c1-23-17-8-7-16-11-19(21-18(16)12-17)20-14-22(9-10-24-20)13-15-5-3-2-4-6-15/h2-8,12,20H,9-11,13-14H2,1H3. The van der Waals surface area contributed by atoms with Crippen molar-refractivity contribution >= 4 is 11.4 Å². The van der Waals surface area contributed by atoms with E-state index in [1.54, 1.807) is 7.11 Å². The Morgan fingerprint density at radius 3 is 2.92 bits per heavy atom. The van der Waals surface area contributed by atoms with Crippen LogP contribution in [-0.2, 0) is 17.7 Å². The third kappa shape index (κ3) is 3.21. The average molecular weight is 322 g/mol. The molecule has 0 spiro atoms. The molecule has 0 aromatic heterocycles. The molecule has 0 amide bonds. The van der Waals surface area contributed by atoms with Crippen molar-refractivity contribution in [1.82, 2.24) is 4.90 Å². The van der Waals surface area contributed by atoms with E-state index >= 15 is 0 Å². The summed E-state index contributed by atoms with van der Waals surface area (Å²) in [5, 5.41) is 0. The summed E-state index contributed by atoms with van der Waals surface area (Å²) >= 11 is 0. The summed E-state index contributed by atoms with van der Waals surface area (Å²) in [7, 11) is 1.69. The topological polar surface area (TPSA) is 34.1 Å². The first-order valence-corrected chi connectivity index (χ1v) is 8.44. The fraction of sp³-hybridized carbons (Fsp3) is 0.350. The van der Waals surface area contributed by atoms with Crippen molar-refractivity contribution < 1.29 is 9.47 Å². The summed E-state index contributed by atoms with van der Waals surface area (Å²) in [6.45, 7) is 3.60. The van der Waals surface area contributed by atoms with Crippen molar-refractivity contribution in [3.63, 3.8) is 0 Å². The van der Waals surface area contributed by atoms with Crippen molar-refractivity contribution in [3.8, 4) is 5.75 Å². The molecule has 0 aliphatic carbocycles. The van der Waals surface area contributed by atoms with Crippen LogP contribution in [0.3, 0.4) is 0 Å². The molecule has 4 heteroatoms. The Morgan fingerprint density at radius 2 is 2.08 bits per heavy atom. The monoisotopic (exact) mass is 322 g/mol. The lowest BCUT2D eigenvalue weighted by Crippen LogP contribution is -2.45. The fourth-order valence-corrected chi connectivity index (χ4v) is 3.39. The number of aliphatic imine (C=N–C) groups is 1. The molecule has 1 saturated heterocycles. The van der Waals surface area contributed by atoms with Gasteiger partial charge in [-0.2, -0.15) is 0 Å². The number of hydrogen-bond acceptors (Lipinski definition) is 4. The molecular weight excluding hydrogens is 300 g/mol. The lowest BCUT2D eigenvalue weighted by molar-refractivity contribution is 0.00276. The first-order valence-electron chi connectivity index (χ1n) is 8.44. The van der Waals surface area contributed by atoms with Crippen LogP contribution >= 0.6 is 0 Å². The van der Waals surface area contributed by atoms with Crippen LogP contribution in [0.1, 0.15) is 11.1 Å². The summed E-state index contributed by atoms with van der Waals surface area (Å²) in [6, 6.07) is 16.7. The van der Waals surface area contributed by atoms with Crippen LogP contribution in [0, 0.1) is 0 Å². The lowest BCUT2D eigenvalue weighted by atomic mass is 10.1. The van der Waals surface area contributed by atoms with Crippen LogP contribution in [-0.4, -0.2) is 43.5 Å². The molecule has 2 aliphatic heterocycles. The number of methoxy groups -OCH3 is 1. The normalized spacial score (nSPS) is 20.5. The van der Waals surface area contributed by atoms with Gasteiger partial charge in [-0.1, -0.05) is 36.4 Å². The van der Waals surface area contributed by atoms with Gasteiger partial charge in [0.25, 0.3) is 0 Å². The molecule has 2 aromatic carbocycles. The van der Waals surface area contributed by atoms with E-state index in [0.29, 0.717) is 0 Å². The molecule has 4 rings (SSSR count). The minimum atomic E-state index is 0.0841. The summed E-state index contributed by atoms with van der Waals surface area (Å²) in [6.07, 6.45) is 0.962. The molecule has 1 atom stereocenters. The van der Waals surface area contributed by atoms with Crippen molar-refractivity contribution in [1.29, 1.82) is 0 Å². The van der Waals surface area contributed by atoms with Gasteiger partial charge >= 0.3 is 0 Å². The maximum atomic E-state index is 6.01. The zero-order valence-corrected chi connectivity index (χ0v) is 13.9. The number of hydrogen-bond donors (Lipinski definition) is 0. The molecule has 2 heterocycles. The van der Waals surface area contributed by atoms with Gasteiger partial charge in [0, 0.05) is 32.1 Å². The Hall–Kier alpha value is -2.17. The van der Waals surface area contributed by atoms with Crippen LogP contribution in [0.4, 0.5) is 5.69 Å². The molecule has 4 nitrogen and oxygen atoms in total. The van der Waals surface area contributed by atoms with E-state index in [0.717, 1.165) is 49.8 Å². The van der Waals surface area contributed by atoms with E-state index in [9.17, 15) is 0 Å². The lowest BCUT2D eigenvalue weighted by Gasteiger charge is -2.33. The first-order chi connectivity index (χ1) is 11.8. The molecule has 0 N–H and O–H groups in total. The maximum absolute atomic E-state index is 6.01. The third-order valence-electron chi connectivity index (χ3n) is 4.70. The van der Waals surface area contributed by atoms with Crippen LogP contribution in [0.25, 0.3) is 0 Å². The predicted octanol–water partition coefficient (Wildman–Crippen LogP) is 3.22. The first kappa shape index (κ1) is 15.4. The number of morpholine rings is 1. The summed E-state index contributed by atoms with van der Waals surface area (Å²) in [5.41, 5.74) is 4.76. The van der Waals surface area contributed by atoms with E-state index in [2.05, 4.69) is 41.3 Å². The summed E-state index contributed by atoms with van der Waals surface area (Å²) < 4.78 is 11.3. The Labute approximate surface area is 142 Å². The van der Waals surface area contributed by atoms with Crippen molar-refractivity contribution in [2.75, 3.05) is 26.8 Å². The van der Waals surface area contributed by atoms with Gasteiger partial charge in [0.2, 0.25) is 0 Å². The van der Waals surface area contributed by atoms with Crippen LogP contribution in [0.15, 0.2) is 53.5 Å². The van der Waals surface area contributed by atoms with Crippen molar-refractivity contribution in [2.24, 2.45) is 4.99 Å². The third-order valence-corrected chi connectivity index (χ3v) is 4.70. The predicted molar refractivity (Wildman–Crippen MR) is 95.3 cm³/mol. The van der Waals surface area contributed by atoms with Gasteiger partial charge in [-0.05, 0) is 17.2 Å². The van der Waals surface area contributed by atoms with Crippen molar-refractivity contribution in [3.05, 3.63) is 59.7 Å². The molecule has 124 valence electrons. The van der Waals surface area contributed by atoms with Gasteiger partial charge in [-0.15, -0.1) is 0 Å². The summed E-state index contributed by atoms with van der Waals surface area (Å²) in [4.78, 5) is 7.26. The quantitative estimate of drug-likeness (QED) is 0.867. The van der Waals surface area contributed by atoms with Crippen LogP contribution in [0.5, 0.6) is 5.75 Å². The Morgan fingerprint density at radius 1 is 1.21 bits per heavy atom. The number of rotatable bonds is 4. The summed E-state index contributed by atoms with van der Waals surface area (Å²) in [5.74, 6) is 0.856. The molecule has 1 fully saturated rings. The van der Waals surface area contributed by atoms with E-state index in [4.69, 9.17) is 14.5 Å². The van der Waals surface area contributed by atoms with E-state index < -0.39 is 0 Å².